The normalized spacial score (nSPS) is 11.2. The fourth-order valence-electron chi connectivity index (χ4n) is 2.81. The Labute approximate surface area is 194 Å². The van der Waals surface area contributed by atoms with Gasteiger partial charge in [0.15, 0.2) is 11.7 Å². The van der Waals surface area contributed by atoms with E-state index in [0.717, 1.165) is 24.8 Å². The molecule has 0 bridgehead atoms. The number of thiocarbonyl (C=S) groups is 1. The summed E-state index contributed by atoms with van der Waals surface area (Å²) in [5.41, 5.74) is 6.39. The second-order valence-electron chi connectivity index (χ2n) is 7.32. The van der Waals surface area contributed by atoms with Gasteiger partial charge in [0.25, 0.3) is 11.8 Å². The van der Waals surface area contributed by atoms with Crippen LogP contribution in [0.3, 0.4) is 0 Å². The van der Waals surface area contributed by atoms with Gasteiger partial charge in [-0.15, -0.1) is 0 Å². The molecule has 32 heavy (non-hydrogen) atoms. The van der Waals surface area contributed by atoms with Crippen molar-refractivity contribution in [3.63, 3.8) is 0 Å². The van der Waals surface area contributed by atoms with Crippen LogP contribution in [0.25, 0.3) is 0 Å². The standard InChI is InChI=1S/C24H31N3O4S/c1-4-6-14-30-19-11-9-10-18(15-19)23(29)25-24(32)27-26-22(28)16-31-21-13-8-7-12-20(21)17(3)5-2/h7-13,15,17H,4-6,14,16H2,1-3H3,(H,26,28)(H2,25,27,29,32). The number of unbranched alkanes of at least 4 members (excludes halogenated alkanes) is 1. The summed E-state index contributed by atoms with van der Waals surface area (Å²) in [6.45, 7) is 6.70. The molecule has 0 saturated carbocycles. The van der Waals surface area contributed by atoms with Crippen molar-refractivity contribution in [2.75, 3.05) is 13.2 Å². The lowest BCUT2D eigenvalue weighted by Gasteiger charge is -2.16. The summed E-state index contributed by atoms with van der Waals surface area (Å²) in [5.74, 6) is 0.788. The van der Waals surface area contributed by atoms with Crippen molar-refractivity contribution in [2.24, 2.45) is 0 Å². The van der Waals surface area contributed by atoms with Gasteiger partial charge < -0.3 is 9.47 Å². The van der Waals surface area contributed by atoms with Crippen LogP contribution in [-0.4, -0.2) is 30.1 Å². The third-order valence-corrected chi connectivity index (χ3v) is 5.03. The predicted molar refractivity (Wildman–Crippen MR) is 129 cm³/mol. The summed E-state index contributed by atoms with van der Waals surface area (Å²) in [5, 5.41) is 2.49. The Balaban J connectivity index is 1.79. The van der Waals surface area contributed by atoms with Gasteiger partial charge in [-0.1, -0.05) is 51.5 Å². The summed E-state index contributed by atoms with van der Waals surface area (Å²) < 4.78 is 11.3. The molecular formula is C24H31N3O4S. The van der Waals surface area contributed by atoms with Gasteiger partial charge in [0.1, 0.15) is 11.5 Å². The van der Waals surface area contributed by atoms with Gasteiger partial charge in [0.05, 0.1) is 6.61 Å². The Morgan fingerprint density at radius 2 is 1.81 bits per heavy atom. The predicted octanol–water partition coefficient (Wildman–Crippen LogP) is 4.09. The summed E-state index contributed by atoms with van der Waals surface area (Å²) in [6.07, 6.45) is 2.94. The summed E-state index contributed by atoms with van der Waals surface area (Å²) in [7, 11) is 0. The SMILES string of the molecule is CCCCOc1cccc(C(=O)NC(=S)NNC(=O)COc2ccccc2C(C)CC)c1. The van der Waals surface area contributed by atoms with Crippen molar-refractivity contribution >= 4 is 29.1 Å². The van der Waals surface area contributed by atoms with Gasteiger partial charge in [-0.3, -0.25) is 25.8 Å². The molecule has 0 aliphatic carbocycles. The van der Waals surface area contributed by atoms with E-state index < -0.39 is 11.8 Å². The minimum Gasteiger partial charge on any atom is -0.494 e. The molecule has 0 aliphatic heterocycles. The van der Waals surface area contributed by atoms with E-state index in [1.807, 2.05) is 24.3 Å². The van der Waals surface area contributed by atoms with Gasteiger partial charge in [-0.2, -0.15) is 0 Å². The first-order valence-corrected chi connectivity index (χ1v) is 11.2. The molecule has 0 saturated heterocycles. The van der Waals surface area contributed by atoms with Crippen molar-refractivity contribution in [1.82, 2.24) is 16.2 Å². The lowest BCUT2D eigenvalue weighted by atomic mass is 9.98. The van der Waals surface area contributed by atoms with Gasteiger partial charge in [0.2, 0.25) is 0 Å². The molecule has 0 aromatic heterocycles. The molecule has 3 N–H and O–H groups in total. The zero-order valence-electron chi connectivity index (χ0n) is 18.8. The van der Waals surface area contributed by atoms with E-state index >= 15 is 0 Å². The molecule has 1 atom stereocenters. The maximum Gasteiger partial charge on any atom is 0.276 e. The largest absolute Gasteiger partial charge is 0.494 e. The quantitative estimate of drug-likeness (QED) is 0.283. The molecule has 2 aromatic rings. The van der Waals surface area contributed by atoms with Crippen molar-refractivity contribution in [3.8, 4) is 11.5 Å². The van der Waals surface area contributed by atoms with Crippen LogP contribution >= 0.6 is 12.2 Å². The maximum absolute atomic E-state index is 12.4. The minimum absolute atomic E-state index is 0.0272. The molecule has 0 aliphatic rings. The highest BCUT2D eigenvalue weighted by Crippen LogP contribution is 2.28. The topological polar surface area (TPSA) is 88.7 Å². The maximum atomic E-state index is 12.4. The van der Waals surface area contributed by atoms with Crippen molar-refractivity contribution in [3.05, 3.63) is 59.7 Å². The number of nitrogens with one attached hydrogen (secondary N) is 3. The number of amides is 2. The third kappa shape index (κ3) is 8.19. The van der Waals surface area contributed by atoms with Crippen LogP contribution in [0.1, 0.15) is 61.9 Å². The number of hydrogen-bond acceptors (Lipinski definition) is 5. The first-order valence-electron chi connectivity index (χ1n) is 10.8. The highest BCUT2D eigenvalue weighted by molar-refractivity contribution is 7.80. The van der Waals surface area contributed by atoms with Crippen LogP contribution in [0, 0.1) is 0 Å². The molecule has 2 rings (SSSR count). The Kier molecular flexibility index (Phi) is 10.5. The second kappa shape index (κ2) is 13.3. The van der Waals surface area contributed by atoms with Crippen molar-refractivity contribution in [1.29, 1.82) is 0 Å². The first-order chi connectivity index (χ1) is 15.4. The third-order valence-electron chi connectivity index (χ3n) is 4.83. The molecule has 8 heteroatoms. The smallest absolute Gasteiger partial charge is 0.276 e. The molecule has 172 valence electrons. The molecule has 0 radical (unpaired) electrons. The monoisotopic (exact) mass is 457 g/mol. The van der Waals surface area contributed by atoms with E-state index in [0.29, 0.717) is 29.6 Å². The number of carbonyl (C=O) groups is 2. The van der Waals surface area contributed by atoms with E-state index in [-0.39, 0.29) is 11.7 Å². The van der Waals surface area contributed by atoms with Crippen LogP contribution < -0.4 is 25.6 Å². The lowest BCUT2D eigenvalue weighted by molar-refractivity contribution is -0.123. The molecule has 0 fully saturated rings. The molecule has 0 heterocycles. The molecule has 2 aromatic carbocycles. The Hall–Kier alpha value is -3.13. The highest BCUT2D eigenvalue weighted by Gasteiger charge is 2.12. The Morgan fingerprint density at radius 3 is 2.56 bits per heavy atom. The van der Waals surface area contributed by atoms with Gasteiger partial charge >= 0.3 is 0 Å². The fourth-order valence-corrected chi connectivity index (χ4v) is 2.96. The van der Waals surface area contributed by atoms with Gasteiger partial charge in [-0.25, -0.2) is 0 Å². The Bertz CT molecular complexity index is 920. The molecule has 0 spiro atoms. The van der Waals surface area contributed by atoms with Gasteiger partial charge in [-0.05, 0) is 60.8 Å². The van der Waals surface area contributed by atoms with E-state index in [9.17, 15) is 9.59 Å². The molecule has 2 amide bonds. The average molecular weight is 458 g/mol. The van der Waals surface area contributed by atoms with E-state index in [1.54, 1.807) is 24.3 Å². The zero-order chi connectivity index (χ0) is 23.3. The average Bonchev–Trinajstić information content (AvgIpc) is 2.81. The summed E-state index contributed by atoms with van der Waals surface area (Å²) >= 11 is 5.09. The second-order valence-corrected chi connectivity index (χ2v) is 7.73. The number of ether oxygens (including phenoxy) is 2. The molecule has 1 unspecified atom stereocenters. The minimum atomic E-state index is -0.424. The van der Waals surface area contributed by atoms with Crippen LogP contribution in [0.4, 0.5) is 0 Å². The first kappa shape index (κ1) is 25.1. The number of hydrazine groups is 1. The summed E-state index contributed by atoms with van der Waals surface area (Å²) in [6, 6.07) is 14.5. The van der Waals surface area contributed by atoms with E-state index in [4.69, 9.17) is 21.7 Å². The van der Waals surface area contributed by atoms with Crippen LogP contribution in [-0.2, 0) is 4.79 Å². The van der Waals surface area contributed by atoms with Crippen LogP contribution in [0.2, 0.25) is 0 Å². The molecule has 7 nitrogen and oxygen atoms in total. The van der Waals surface area contributed by atoms with Crippen LogP contribution in [0.5, 0.6) is 11.5 Å². The van der Waals surface area contributed by atoms with Crippen LogP contribution in [0.15, 0.2) is 48.5 Å². The van der Waals surface area contributed by atoms with Gasteiger partial charge in [0, 0.05) is 5.56 Å². The van der Waals surface area contributed by atoms with Crippen molar-refractivity contribution < 1.29 is 19.1 Å². The number of benzene rings is 2. The van der Waals surface area contributed by atoms with E-state index in [2.05, 4.69) is 36.9 Å². The zero-order valence-corrected chi connectivity index (χ0v) is 19.6. The fraction of sp³-hybridized carbons (Fsp3) is 0.375. The lowest BCUT2D eigenvalue weighted by Crippen LogP contribution is -2.49. The molecular weight excluding hydrogens is 426 g/mol. The number of carbonyl (C=O) groups excluding carboxylic acids is 2. The van der Waals surface area contributed by atoms with E-state index in [1.165, 1.54) is 0 Å². The summed E-state index contributed by atoms with van der Waals surface area (Å²) in [4.78, 5) is 24.5. The van der Waals surface area contributed by atoms with Crippen molar-refractivity contribution in [2.45, 2.75) is 46.0 Å². The number of para-hydroxylation sites is 1. The number of rotatable bonds is 10. The highest BCUT2D eigenvalue weighted by atomic mass is 32.1. The Morgan fingerprint density at radius 1 is 1.03 bits per heavy atom. The number of hydrogen-bond donors (Lipinski definition) is 3.